The quantitative estimate of drug-likeness (QED) is 0.349. The van der Waals surface area contributed by atoms with Crippen LogP contribution in [0.5, 0.6) is 0 Å². The number of benzene rings is 2. The van der Waals surface area contributed by atoms with Crippen molar-refractivity contribution in [1.29, 1.82) is 0 Å². The minimum absolute atomic E-state index is 0.220. The van der Waals surface area contributed by atoms with E-state index in [2.05, 4.69) is 37.8 Å². The lowest BCUT2D eigenvalue weighted by Crippen LogP contribution is -2.37. The number of hydrogen-bond acceptors (Lipinski definition) is 2. The summed E-state index contributed by atoms with van der Waals surface area (Å²) in [6.07, 6.45) is 6.38. The van der Waals surface area contributed by atoms with Crippen LogP contribution in [0, 0.1) is 5.82 Å². The number of H-pyrrole nitrogens is 1. The van der Waals surface area contributed by atoms with Gasteiger partial charge in [0, 0.05) is 49.6 Å². The number of aliphatic imine (C=N–C) groups is 1. The fraction of sp³-hybridized carbons (Fsp3) is 0.182. The summed E-state index contributed by atoms with van der Waals surface area (Å²) in [5.41, 5.74) is 4.20. The maximum absolute atomic E-state index is 13.5. The van der Waals surface area contributed by atoms with E-state index in [-0.39, 0.29) is 5.82 Å². The molecule has 0 atom stereocenters. The molecule has 2 aromatic carbocycles. The summed E-state index contributed by atoms with van der Waals surface area (Å²) < 4.78 is 15.3. The molecule has 3 N–H and O–H groups in total. The van der Waals surface area contributed by atoms with Crippen molar-refractivity contribution in [2.75, 3.05) is 13.6 Å². The minimum Gasteiger partial charge on any atom is -0.361 e. The van der Waals surface area contributed by atoms with E-state index >= 15 is 0 Å². The van der Waals surface area contributed by atoms with Gasteiger partial charge in [0.2, 0.25) is 0 Å². The molecule has 0 aliphatic rings. The Morgan fingerprint density at radius 1 is 1.17 bits per heavy atom. The Hall–Kier alpha value is -3.61. The first-order valence-corrected chi connectivity index (χ1v) is 9.52. The topological polar surface area (TPSA) is 70.0 Å². The van der Waals surface area contributed by atoms with Gasteiger partial charge in [0.25, 0.3) is 0 Å². The summed E-state index contributed by atoms with van der Waals surface area (Å²) in [4.78, 5) is 7.45. The Labute approximate surface area is 168 Å². The second kappa shape index (κ2) is 8.60. The standard InChI is InChI=1S/C22H23FN6/c1-24-22(25-11-9-17-15-26-21-8-5-18(23)13-20(17)21)27-14-16-3-6-19(7-4-16)29-12-2-10-28-29/h2-8,10,12-13,15,26H,9,11,14H2,1H3,(H2,24,25,27). The molecule has 0 bridgehead atoms. The van der Waals surface area contributed by atoms with Crippen LogP contribution in [0.2, 0.25) is 0 Å². The Morgan fingerprint density at radius 3 is 2.79 bits per heavy atom. The first-order valence-electron chi connectivity index (χ1n) is 9.52. The molecule has 4 aromatic rings. The van der Waals surface area contributed by atoms with Crippen molar-refractivity contribution in [2.45, 2.75) is 13.0 Å². The van der Waals surface area contributed by atoms with Gasteiger partial charge in [-0.2, -0.15) is 5.10 Å². The van der Waals surface area contributed by atoms with Gasteiger partial charge < -0.3 is 15.6 Å². The molecule has 0 spiro atoms. The number of aromatic amines is 1. The lowest BCUT2D eigenvalue weighted by Gasteiger charge is -2.12. The largest absolute Gasteiger partial charge is 0.361 e. The summed E-state index contributed by atoms with van der Waals surface area (Å²) in [5.74, 6) is 0.509. The first-order chi connectivity index (χ1) is 14.2. The molecule has 7 heteroatoms. The number of halogens is 1. The number of guanidine groups is 1. The van der Waals surface area contributed by atoms with Crippen LogP contribution in [-0.4, -0.2) is 34.3 Å². The van der Waals surface area contributed by atoms with Gasteiger partial charge in [-0.25, -0.2) is 9.07 Å². The van der Waals surface area contributed by atoms with Crippen molar-refractivity contribution >= 4 is 16.9 Å². The number of nitrogens with zero attached hydrogens (tertiary/aromatic N) is 3. The van der Waals surface area contributed by atoms with Crippen molar-refractivity contribution in [3.63, 3.8) is 0 Å². The molecule has 29 heavy (non-hydrogen) atoms. The molecule has 0 aliphatic carbocycles. The fourth-order valence-electron chi connectivity index (χ4n) is 3.27. The highest BCUT2D eigenvalue weighted by atomic mass is 19.1. The van der Waals surface area contributed by atoms with Crippen LogP contribution in [0.25, 0.3) is 16.6 Å². The molecule has 2 heterocycles. The Kier molecular flexibility index (Phi) is 5.56. The van der Waals surface area contributed by atoms with Gasteiger partial charge >= 0.3 is 0 Å². The zero-order valence-corrected chi connectivity index (χ0v) is 16.2. The molecule has 0 saturated carbocycles. The van der Waals surface area contributed by atoms with E-state index in [9.17, 15) is 4.39 Å². The fourth-order valence-corrected chi connectivity index (χ4v) is 3.27. The van der Waals surface area contributed by atoms with Gasteiger partial charge in [0.1, 0.15) is 5.82 Å². The minimum atomic E-state index is -0.220. The number of aromatic nitrogens is 3. The van der Waals surface area contributed by atoms with Crippen LogP contribution < -0.4 is 10.6 Å². The van der Waals surface area contributed by atoms with E-state index < -0.39 is 0 Å². The van der Waals surface area contributed by atoms with Gasteiger partial charge in [-0.05, 0) is 53.9 Å². The van der Waals surface area contributed by atoms with Crippen molar-refractivity contribution in [2.24, 2.45) is 4.99 Å². The molecule has 0 amide bonds. The number of rotatable bonds is 6. The first kappa shape index (κ1) is 18.7. The molecule has 148 valence electrons. The normalized spacial score (nSPS) is 11.7. The lowest BCUT2D eigenvalue weighted by atomic mass is 10.1. The van der Waals surface area contributed by atoms with Crippen molar-refractivity contribution in [3.8, 4) is 5.69 Å². The predicted octanol–water partition coefficient (Wildman–Crippen LogP) is 3.40. The molecule has 0 aliphatic heterocycles. The highest BCUT2D eigenvalue weighted by molar-refractivity contribution is 5.83. The molecule has 0 radical (unpaired) electrons. The third-order valence-corrected chi connectivity index (χ3v) is 4.81. The van der Waals surface area contributed by atoms with Crippen LogP contribution in [0.15, 0.2) is 72.1 Å². The number of hydrogen-bond donors (Lipinski definition) is 3. The van der Waals surface area contributed by atoms with Crippen LogP contribution in [0.3, 0.4) is 0 Å². The van der Waals surface area contributed by atoms with E-state index in [4.69, 9.17) is 0 Å². The predicted molar refractivity (Wildman–Crippen MR) is 114 cm³/mol. The second-order valence-corrected chi connectivity index (χ2v) is 6.72. The SMILES string of the molecule is CN=C(NCCc1c[nH]c2ccc(F)cc12)NCc1ccc(-n2cccn2)cc1. The van der Waals surface area contributed by atoms with Crippen LogP contribution in [0.4, 0.5) is 4.39 Å². The summed E-state index contributed by atoms with van der Waals surface area (Å²) in [6, 6.07) is 14.9. The van der Waals surface area contributed by atoms with E-state index in [1.807, 2.05) is 35.3 Å². The zero-order chi connectivity index (χ0) is 20.1. The highest BCUT2D eigenvalue weighted by Gasteiger charge is 2.06. The molecular weight excluding hydrogens is 367 g/mol. The third-order valence-electron chi connectivity index (χ3n) is 4.81. The van der Waals surface area contributed by atoms with E-state index in [1.54, 1.807) is 25.4 Å². The van der Waals surface area contributed by atoms with E-state index in [0.29, 0.717) is 13.1 Å². The van der Waals surface area contributed by atoms with Crippen LogP contribution in [0.1, 0.15) is 11.1 Å². The third kappa shape index (κ3) is 4.45. The molecular formula is C22H23FN6. The summed E-state index contributed by atoms with van der Waals surface area (Å²) in [6.45, 7) is 1.36. The molecule has 6 nitrogen and oxygen atoms in total. The van der Waals surface area contributed by atoms with Gasteiger partial charge in [-0.3, -0.25) is 4.99 Å². The molecule has 0 unspecified atom stereocenters. The Balaban J connectivity index is 1.29. The van der Waals surface area contributed by atoms with Crippen molar-refractivity contribution in [3.05, 3.63) is 84.1 Å². The maximum atomic E-state index is 13.5. The van der Waals surface area contributed by atoms with Crippen LogP contribution >= 0.6 is 0 Å². The van der Waals surface area contributed by atoms with Gasteiger partial charge in [-0.15, -0.1) is 0 Å². The summed E-state index contributed by atoms with van der Waals surface area (Å²) >= 11 is 0. The average Bonchev–Trinajstić information content (AvgIpc) is 3.41. The van der Waals surface area contributed by atoms with Gasteiger partial charge in [0.05, 0.1) is 5.69 Å². The molecule has 2 aromatic heterocycles. The van der Waals surface area contributed by atoms with Gasteiger partial charge in [-0.1, -0.05) is 12.1 Å². The van der Waals surface area contributed by atoms with Crippen molar-refractivity contribution < 1.29 is 4.39 Å². The van der Waals surface area contributed by atoms with Gasteiger partial charge in [0.15, 0.2) is 5.96 Å². The number of fused-ring (bicyclic) bond motifs is 1. The smallest absolute Gasteiger partial charge is 0.191 e. The second-order valence-electron chi connectivity index (χ2n) is 6.72. The van der Waals surface area contributed by atoms with Crippen molar-refractivity contribution in [1.82, 2.24) is 25.4 Å². The Bertz CT molecular complexity index is 1100. The lowest BCUT2D eigenvalue weighted by molar-refractivity contribution is 0.629. The Morgan fingerprint density at radius 2 is 2.03 bits per heavy atom. The maximum Gasteiger partial charge on any atom is 0.191 e. The average molecular weight is 390 g/mol. The molecule has 4 rings (SSSR count). The molecule has 0 saturated heterocycles. The number of nitrogens with one attached hydrogen (secondary N) is 3. The molecule has 0 fully saturated rings. The van der Waals surface area contributed by atoms with Crippen LogP contribution in [-0.2, 0) is 13.0 Å². The van der Waals surface area contributed by atoms with E-state index in [1.165, 1.54) is 6.07 Å². The summed E-state index contributed by atoms with van der Waals surface area (Å²) in [7, 11) is 1.75. The monoisotopic (exact) mass is 390 g/mol. The zero-order valence-electron chi connectivity index (χ0n) is 16.2. The highest BCUT2D eigenvalue weighted by Crippen LogP contribution is 2.19. The van der Waals surface area contributed by atoms with E-state index in [0.717, 1.165) is 40.1 Å². The summed E-state index contributed by atoms with van der Waals surface area (Å²) in [5, 5.41) is 11.8.